The monoisotopic (exact) mass is 262 g/mol. The number of ether oxygens (including phenoxy) is 2. The van der Waals surface area contributed by atoms with Gasteiger partial charge in [0.1, 0.15) is 17.4 Å². The molecule has 0 saturated carbocycles. The van der Waals surface area contributed by atoms with Gasteiger partial charge in [0.2, 0.25) is 0 Å². The maximum atomic E-state index is 11.5. The van der Waals surface area contributed by atoms with Crippen LogP contribution in [0.1, 0.15) is 26.3 Å². The molecule has 1 aromatic rings. The van der Waals surface area contributed by atoms with Crippen molar-refractivity contribution >= 4 is 6.09 Å². The number of alkyl carbamates (subject to hydrolysis) is 1. The Balaban J connectivity index is 2.49. The molecule has 102 valence electrons. The highest BCUT2D eigenvalue weighted by Gasteiger charge is 2.15. The fourth-order valence-corrected chi connectivity index (χ4v) is 1.35. The fraction of sp³-hybridized carbons (Fsp3) is 0.429. The third-order valence-electron chi connectivity index (χ3n) is 2.04. The van der Waals surface area contributed by atoms with Gasteiger partial charge in [-0.25, -0.2) is 4.79 Å². The number of rotatable bonds is 4. The van der Waals surface area contributed by atoms with Crippen molar-refractivity contribution in [3.05, 3.63) is 29.8 Å². The van der Waals surface area contributed by atoms with E-state index in [-0.39, 0.29) is 6.61 Å². The van der Waals surface area contributed by atoms with Gasteiger partial charge >= 0.3 is 6.09 Å². The normalized spacial score (nSPS) is 10.4. The lowest BCUT2D eigenvalue weighted by molar-refractivity contribution is 0.0523. The van der Waals surface area contributed by atoms with Crippen LogP contribution in [0.3, 0.4) is 0 Å². The van der Waals surface area contributed by atoms with Gasteiger partial charge < -0.3 is 14.8 Å². The molecule has 0 heterocycles. The van der Waals surface area contributed by atoms with Crippen molar-refractivity contribution in [1.29, 1.82) is 5.26 Å². The standard InChI is InChI=1S/C14H18N2O3/c1-14(2,3)19-13(17)16-10-11-5-4-6-12(9-11)18-8-7-15/h4-6,9H,8,10H2,1-3H3,(H,16,17). The Hall–Kier alpha value is -2.22. The molecule has 1 aromatic carbocycles. The van der Waals surface area contributed by atoms with Crippen molar-refractivity contribution in [2.75, 3.05) is 6.61 Å². The van der Waals surface area contributed by atoms with E-state index >= 15 is 0 Å². The third kappa shape index (κ3) is 6.32. The van der Waals surface area contributed by atoms with Crippen molar-refractivity contribution < 1.29 is 14.3 Å². The molecular weight excluding hydrogens is 244 g/mol. The van der Waals surface area contributed by atoms with Crippen LogP contribution in [0.2, 0.25) is 0 Å². The van der Waals surface area contributed by atoms with Gasteiger partial charge in [-0.05, 0) is 38.5 Å². The van der Waals surface area contributed by atoms with Crippen LogP contribution in [0, 0.1) is 11.3 Å². The summed E-state index contributed by atoms with van der Waals surface area (Å²) in [6.07, 6.45) is -0.462. The summed E-state index contributed by atoms with van der Waals surface area (Å²) in [5, 5.41) is 11.1. The van der Waals surface area contributed by atoms with E-state index < -0.39 is 11.7 Å². The molecule has 0 aliphatic heterocycles. The summed E-state index contributed by atoms with van der Waals surface area (Å²) in [5.74, 6) is 0.602. The second-order valence-electron chi connectivity index (χ2n) is 4.95. The average molecular weight is 262 g/mol. The first kappa shape index (κ1) is 14.8. The summed E-state index contributed by atoms with van der Waals surface area (Å²) < 4.78 is 10.3. The van der Waals surface area contributed by atoms with Gasteiger partial charge in [-0.3, -0.25) is 0 Å². The largest absolute Gasteiger partial charge is 0.479 e. The Morgan fingerprint density at radius 2 is 2.16 bits per heavy atom. The third-order valence-corrected chi connectivity index (χ3v) is 2.04. The van der Waals surface area contributed by atoms with Crippen LogP contribution < -0.4 is 10.1 Å². The molecular formula is C14H18N2O3. The number of nitriles is 1. The summed E-state index contributed by atoms with van der Waals surface area (Å²) >= 11 is 0. The predicted octanol–water partition coefficient (Wildman–Crippen LogP) is 2.61. The highest BCUT2D eigenvalue weighted by atomic mass is 16.6. The molecule has 0 aliphatic carbocycles. The van der Waals surface area contributed by atoms with Crippen LogP contribution in [0.4, 0.5) is 4.79 Å². The van der Waals surface area contributed by atoms with Crippen LogP contribution in [-0.4, -0.2) is 18.3 Å². The van der Waals surface area contributed by atoms with Crippen LogP contribution in [-0.2, 0) is 11.3 Å². The molecule has 1 amide bonds. The average Bonchev–Trinajstić information content (AvgIpc) is 2.32. The first-order valence-electron chi connectivity index (χ1n) is 5.96. The Morgan fingerprint density at radius 3 is 2.79 bits per heavy atom. The number of hydrogen-bond donors (Lipinski definition) is 1. The first-order chi connectivity index (χ1) is 8.90. The van der Waals surface area contributed by atoms with Crippen LogP contribution in [0.5, 0.6) is 5.75 Å². The van der Waals surface area contributed by atoms with Crippen LogP contribution >= 0.6 is 0 Å². The summed E-state index contributed by atoms with van der Waals surface area (Å²) in [5.41, 5.74) is 0.364. The molecule has 5 nitrogen and oxygen atoms in total. The Morgan fingerprint density at radius 1 is 1.42 bits per heavy atom. The van der Waals surface area contributed by atoms with Gasteiger partial charge in [0.15, 0.2) is 6.61 Å². The molecule has 0 aromatic heterocycles. The van der Waals surface area contributed by atoms with E-state index in [2.05, 4.69) is 5.32 Å². The Kier molecular flexibility index (Phi) is 5.19. The second kappa shape index (κ2) is 6.64. The van der Waals surface area contributed by atoms with Gasteiger partial charge in [-0.1, -0.05) is 12.1 Å². The maximum absolute atomic E-state index is 11.5. The molecule has 0 spiro atoms. The van der Waals surface area contributed by atoms with E-state index in [0.29, 0.717) is 12.3 Å². The number of carbonyl (C=O) groups is 1. The van der Waals surface area contributed by atoms with Gasteiger partial charge in [0.05, 0.1) is 0 Å². The molecule has 1 rings (SSSR count). The molecule has 0 aliphatic rings. The van der Waals surface area contributed by atoms with E-state index in [1.54, 1.807) is 18.2 Å². The molecule has 0 saturated heterocycles. The molecule has 0 fully saturated rings. The number of nitrogens with zero attached hydrogens (tertiary/aromatic N) is 1. The van der Waals surface area contributed by atoms with Gasteiger partial charge in [-0.2, -0.15) is 5.26 Å². The maximum Gasteiger partial charge on any atom is 0.407 e. The second-order valence-corrected chi connectivity index (χ2v) is 4.95. The zero-order chi connectivity index (χ0) is 14.3. The van der Waals surface area contributed by atoms with Crippen molar-refractivity contribution in [3.63, 3.8) is 0 Å². The number of benzene rings is 1. The summed E-state index contributed by atoms with van der Waals surface area (Å²) in [7, 11) is 0. The number of hydrogen-bond acceptors (Lipinski definition) is 4. The highest BCUT2D eigenvalue weighted by molar-refractivity contribution is 5.67. The minimum absolute atomic E-state index is 0.00292. The van der Waals surface area contributed by atoms with E-state index in [4.69, 9.17) is 14.7 Å². The fourth-order valence-electron chi connectivity index (χ4n) is 1.35. The van der Waals surface area contributed by atoms with Gasteiger partial charge in [0.25, 0.3) is 0 Å². The molecule has 0 radical (unpaired) electrons. The molecule has 0 unspecified atom stereocenters. The minimum Gasteiger partial charge on any atom is -0.479 e. The first-order valence-corrected chi connectivity index (χ1v) is 5.96. The van der Waals surface area contributed by atoms with Crippen molar-refractivity contribution in [2.45, 2.75) is 32.9 Å². The van der Waals surface area contributed by atoms with Crippen molar-refractivity contribution in [3.8, 4) is 11.8 Å². The summed E-state index contributed by atoms with van der Waals surface area (Å²) in [6, 6.07) is 9.09. The lowest BCUT2D eigenvalue weighted by Gasteiger charge is -2.19. The van der Waals surface area contributed by atoms with Crippen LogP contribution in [0.15, 0.2) is 24.3 Å². The molecule has 0 atom stereocenters. The van der Waals surface area contributed by atoms with E-state index in [1.165, 1.54) is 0 Å². The zero-order valence-corrected chi connectivity index (χ0v) is 11.4. The van der Waals surface area contributed by atoms with Crippen molar-refractivity contribution in [1.82, 2.24) is 5.32 Å². The molecule has 0 bridgehead atoms. The van der Waals surface area contributed by atoms with Crippen LogP contribution in [0.25, 0.3) is 0 Å². The molecule has 1 N–H and O–H groups in total. The van der Waals surface area contributed by atoms with E-state index in [1.807, 2.05) is 32.9 Å². The number of nitrogens with one attached hydrogen (secondary N) is 1. The molecule has 19 heavy (non-hydrogen) atoms. The van der Waals surface area contributed by atoms with Gasteiger partial charge in [-0.15, -0.1) is 0 Å². The highest BCUT2D eigenvalue weighted by Crippen LogP contribution is 2.13. The lowest BCUT2D eigenvalue weighted by Crippen LogP contribution is -2.32. The predicted molar refractivity (Wildman–Crippen MR) is 70.6 cm³/mol. The van der Waals surface area contributed by atoms with E-state index in [0.717, 1.165) is 5.56 Å². The SMILES string of the molecule is CC(C)(C)OC(=O)NCc1cccc(OCC#N)c1. The van der Waals surface area contributed by atoms with Gasteiger partial charge in [0, 0.05) is 6.54 Å². The lowest BCUT2D eigenvalue weighted by atomic mass is 10.2. The minimum atomic E-state index is -0.512. The zero-order valence-electron chi connectivity index (χ0n) is 11.4. The summed E-state index contributed by atoms with van der Waals surface area (Å²) in [6.45, 7) is 5.77. The Labute approximate surface area is 113 Å². The van der Waals surface area contributed by atoms with Crippen molar-refractivity contribution in [2.24, 2.45) is 0 Å². The summed E-state index contributed by atoms with van der Waals surface area (Å²) in [4.78, 5) is 11.5. The topological polar surface area (TPSA) is 71.3 Å². The molecule has 5 heteroatoms. The quantitative estimate of drug-likeness (QED) is 0.905. The smallest absolute Gasteiger partial charge is 0.407 e. The number of amides is 1. The Bertz CT molecular complexity index is 472. The van der Waals surface area contributed by atoms with E-state index in [9.17, 15) is 4.79 Å². The number of carbonyl (C=O) groups excluding carboxylic acids is 1.